The molecule has 0 bridgehead atoms. The minimum absolute atomic E-state index is 0.532. The maximum absolute atomic E-state index is 10.6. The molecule has 0 aromatic rings. The molecule has 0 aromatic heterocycles. The molecular weight excluding hydrogens is 184 g/mol. The predicted molar refractivity (Wildman–Crippen MR) is 62.6 cm³/mol. The summed E-state index contributed by atoms with van der Waals surface area (Å²) in [6.45, 7) is 4.84. The van der Waals surface area contributed by atoms with Crippen LogP contribution in [0.15, 0.2) is 11.6 Å². The van der Waals surface area contributed by atoms with E-state index in [1.165, 1.54) is 37.7 Å². The maximum atomic E-state index is 10.6. The molecule has 84 valence electrons. The molecule has 1 heteroatoms. The van der Waals surface area contributed by atoms with Gasteiger partial charge in [-0.3, -0.25) is 0 Å². The van der Waals surface area contributed by atoms with Gasteiger partial charge in [-0.25, -0.2) is 0 Å². The lowest BCUT2D eigenvalue weighted by molar-refractivity contribution is -0.107. The molecule has 1 fully saturated rings. The summed E-state index contributed by atoms with van der Waals surface area (Å²) in [5, 5.41) is 0. The Morgan fingerprint density at radius 3 is 3.13 bits per heavy atom. The summed E-state index contributed by atoms with van der Waals surface area (Å²) in [7, 11) is 0. The molecule has 0 saturated heterocycles. The normalized spacial score (nSPS) is 40.5. The van der Waals surface area contributed by atoms with Crippen molar-refractivity contribution in [3.8, 4) is 0 Å². The molecule has 15 heavy (non-hydrogen) atoms. The minimum atomic E-state index is 0.532. The standard InChI is InChI=1S/C14H22O/c1-11-4-3-7-14(2)8-5-12(6-9-15)10-13(11)14/h5,9,11,13H,3-4,6-8,10H2,1-2H3. The van der Waals surface area contributed by atoms with Crippen molar-refractivity contribution in [1.82, 2.24) is 0 Å². The number of aldehydes is 1. The van der Waals surface area contributed by atoms with Gasteiger partial charge >= 0.3 is 0 Å². The third kappa shape index (κ3) is 2.02. The highest BCUT2D eigenvalue weighted by Crippen LogP contribution is 2.52. The van der Waals surface area contributed by atoms with Crippen LogP contribution < -0.4 is 0 Å². The van der Waals surface area contributed by atoms with Crippen molar-refractivity contribution in [1.29, 1.82) is 0 Å². The lowest BCUT2D eigenvalue weighted by Gasteiger charge is -2.48. The molecule has 0 radical (unpaired) electrons. The van der Waals surface area contributed by atoms with E-state index in [1.807, 2.05) is 0 Å². The molecule has 0 N–H and O–H groups in total. The summed E-state index contributed by atoms with van der Waals surface area (Å²) in [6.07, 6.45) is 10.6. The first-order chi connectivity index (χ1) is 7.15. The van der Waals surface area contributed by atoms with E-state index in [0.29, 0.717) is 11.8 Å². The summed E-state index contributed by atoms with van der Waals surface area (Å²) < 4.78 is 0. The second-order valence-corrected chi connectivity index (χ2v) is 5.77. The van der Waals surface area contributed by atoms with E-state index in [-0.39, 0.29) is 0 Å². The van der Waals surface area contributed by atoms with Crippen LogP contribution >= 0.6 is 0 Å². The minimum Gasteiger partial charge on any atom is -0.303 e. The van der Waals surface area contributed by atoms with Gasteiger partial charge in [0.1, 0.15) is 6.29 Å². The van der Waals surface area contributed by atoms with Crippen molar-refractivity contribution in [2.45, 2.75) is 52.4 Å². The van der Waals surface area contributed by atoms with Gasteiger partial charge in [-0.05, 0) is 36.5 Å². The highest BCUT2D eigenvalue weighted by molar-refractivity contribution is 5.54. The van der Waals surface area contributed by atoms with E-state index in [1.54, 1.807) is 0 Å². The van der Waals surface area contributed by atoms with Crippen LogP contribution in [0.1, 0.15) is 52.4 Å². The number of carbonyl (C=O) groups excluding carboxylic acids is 1. The fourth-order valence-corrected chi connectivity index (χ4v) is 3.62. The van der Waals surface area contributed by atoms with Crippen LogP contribution in [0.25, 0.3) is 0 Å². The van der Waals surface area contributed by atoms with Crippen molar-refractivity contribution in [3.63, 3.8) is 0 Å². The lowest BCUT2D eigenvalue weighted by Crippen LogP contribution is -2.38. The first-order valence-electron chi connectivity index (χ1n) is 6.27. The van der Waals surface area contributed by atoms with Crippen LogP contribution in [0.2, 0.25) is 0 Å². The molecule has 0 spiro atoms. The second-order valence-electron chi connectivity index (χ2n) is 5.77. The van der Waals surface area contributed by atoms with Gasteiger partial charge in [0.15, 0.2) is 0 Å². The number of rotatable bonds is 2. The Morgan fingerprint density at radius 2 is 2.40 bits per heavy atom. The molecule has 2 rings (SSSR count). The Balaban J connectivity index is 2.15. The topological polar surface area (TPSA) is 17.1 Å². The number of carbonyl (C=O) groups is 1. The Hall–Kier alpha value is -0.590. The van der Waals surface area contributed by atoms with Gasteiger partial charge in [0.05, 0.1) is 0 Å². The van der Waals surface area contributed by atoms with Crippen LogP contribution in [0.3, 0.4) is 0 Å². The summed E-state index contributed by atoms with van der Waals surface area (Å²) in [6, 6.07) is 0. The van der Waals surface area contributed by atoms with E-state index < -0.39 is 0 Å². The van der Waals surface area contributed by atoms with E-state index in [0.717, 1.165) is 18.1 Å². The molecular formula is C14H22O. The zero-order valence-corrected chi connectivity index (χ0v) is 9.96. The smallest absolute Gasteiger partial charge is 0.124 e. The van der Waals surface area contributed by atoms with Crippen molar-refractivity contribution >= 4 is 6.29 Å². The molecule has 0 heterocycles. The molecule has 0 aromatic carbocycles. The highest BCUT2D eigenvalue weighted by atomic mass is 16.1. The van der Waals surface area contributed by atoms with Crippen LogP contribution in [0.4, 0.5) is 0 Å². The fourth-order valence-electron chi connectivity index (χ4n) is 3.62. The summed E-state index contributed by atoms with van der Waals surface area (Å²) in [5.74, 6) is 1.67. The zero-order chi connectivity index (χ0) is 10.9. The van der Waals surface area contributed by atoms with Gasteiger partial charge < -0.3 is 4.79 Å². The van der Waals surface area contributed by atoms with Gasteiger partial charge in [0.25, 0.3) is 0 Å². The number of allylic oxidation sites excluding steroid dienone is 2. The maximum Gasteiger partial charge on any atom is 0.124 e. The third-order valence-corrected chi connectivity index (χ3v) is 4.67. The average Bonchev–Trinajstić information content (AvgIpc) is 2.20. The molecule has 0 aliphatic heterocycles. The highest BCUT2D eigenvalue weighted by Gasteiger charge is 2.41. The van der Waals surface area contributed by atoms with Gasteiger partial charge in [-0.2, -0.15) is 0 Å². The van der Waals surface area contributed by atoms with Gasteiger partial charge in [-0.1, -0.05) is 38.3 Å². The zero-order valence-electron chi connectivity index (χ0n) is 9.96. The summed E-state index contributed by atoms with van der Waals surface area (Å²) in [4.78, 5) is 10.6. The van der Waals surface area contributed by atoms with E-state index in [2.05, 4.69) is 19.9 Å². The largest absolute Gasteiger partial charge is 0.303 e. The van der Waals surface area contributed by atoms with Gasteiger partial charge in [0.2, 0.25) is 0 Å². The lowest BCUT2D eigenvalue weighted by atomic mass is 9.57. The van der Waals surface area contributed by atoms with E-state index in [9.17, 15) is 4.79 Å². The van der Waals surface area contributed by atoms with Crippen LogP contribution in [-0.4, -0.2) is 6.29 Å². The Kier molecular flexibility index (Phi) is 2.99. The van der Waals surface area contributed by atoms with Crippen LogP contribution in [-0.2, 0) is 4.79 Å². The third-order valence-electron chi connectivity index (χ3n) is 4.67. The molecule has 2 aliphatic carbocycles. The van der Waals surface area contributed by atoms with Crippen molar-refractivity contribution < 1.29 is 4.79 Å². The summed E-state index contributed by atoms with van der Waals surface area (Å²) in [5.41, 5.74) is 1.92. The van der Waals surface area contributed by atoms with Crippen molar-refractivity contribution in [2.75, 3.05) is 0 Å². The Bertz CT molecular complexity index is 279. The fraction of sp³-hybridized carbons (Fsp3) is 0.786. The SMILES string of the molecule is CC1CCCC2(C)CC=C(CC=O)CC12. The molecule has 0 amide bonds. The van der Waals surface area contributed by atoms with Crippen molar-refractivity contribution in [2.24, 2.45) is 17.3 Å². The molecule has 1 nitrogen and oxygen atoms in total. The van der Waals surface area contributed by atoms with Crippen LogP contribution in [0, 0.1) is 17.3 Å². The number of fused-ring (bicyclic) bond motifs is 1. The molecule has 2 aliphatic rings. The Labute approximate surface area is 92.9 Å². The van der Waals surface area contributed by atoms with Gasteiger partial charge in [0, 0.05) is 6.42 Å². The first-order valence-corrected chi connectivity index (χ1v) is 6.27. The quantitative estimate of drug-likeness (QED) is 0.497. The summed E-state index contributed by atoms with van der Waals surface area (Å²) >= 11 is 0. The van der Waals surface area contributed by atoms with E-state index >= 15 is 0 Å². The first kappa shape index (κ1) is 10.9. The average molecular weight is 206 g/mol. The molecule has 1 saturated carbocycles. The monoisotopic (exact) mass is 206 g/mol. The molecule has 3 atom stereocenters. The van der Waals surface area contributed by atoms with Crippen LogP contribution in [0.5, 0.6) is 0 Å². The number of hydrogen-bond acceptors (Lipinski definition) is 1. The second kappa shape index (κ2) is 4.11. The predicted octanol–water partition coefficient (Wildman–Crippen LogP) is 3.74. The number of hydrogen-bond donors (Lipinski definition) is 0. The van der Waals surface area contributed by atoms with Crippen molar-refractivity contribution in [3.05, 3.63) is 11.6 Å². The van der Waals surface area contributed by atoms with E-state index in [4.69, 9.17) is 0 Å². The Morgan fingerprint density at radius 1 is 1.60 bits per heavy atom. The van der Waals surface area contributed by atoms with Gasteiger partial charge in [-0.15, -0.1) is 0 Å². The molecule has 3 unspecified atom stereocenters.